The molecule has 0 aliphatic rings. The van der Waals surface area contributed by atoms with Crippen molar-refractivity contribution in [1.29, 1.82) is 0 Å². The molecule has 0 amide bonds. The van der Waals surface area contributed by atoms with E-state index in [1.54, 1.807) is 12.1 Å². The molecule has 3 aromatic carbocycles. The van der Waals surface area contributed by atoms with E-state index in [0.717, 1.165) is 16.8 Å². The number of hydrogen-bond donors (Lipinski definition) is 0. The van der Waals surface area contributed by atoms with E-state index >= 15 is 0 Å². The molecule has 0 fully saturated rings. The summed E-state index contributed by atoms with van der Waals surface area (Å²) in [6.45, 7) is 12.0. The summed E-state index contributed by atoms with van der Waals surface area (Å²) < 4.78 is 45.2. The van der Waals surface area contributed by atoms with Crippen LogP contribution in [0.3, 0.4) is 0 Å². The molecule has 0 spiro atoms. The van der Waals surface area contributed by atoms with E-state index in [1.165, 1.54) is 16.3 Å². The Morgan fingerprint density at radius 2 is 1.59 bits per heavy atom. The molecular formula is C31H38N+. The van der Waals surface area contributed by atoms with Gasteiger partial charge in [0.15, 0.2) is 0 Å². The molecule has 0 unspecified atom stereocenters. The maximum atomic E-state index is 9.23. The molecule has 0 N–H and O–H groups in total. The van der Waals surface area contributed by atoms with Crippen LogP contribution in [0.4, 0.5) is 0 Å². The molecule has 0 bridgehead atoms. The quantitative estimate of drug-likeness (QED) is 0.284. The second-order valence-corrected chi connectivity index (χ2v) is 11.0. The van der Waals surface area contributed by atoms with E-state index in [2.05, 4.69) is 58.0 Å². The SMILES string of the molecule is [2H]C([2H])([2H])c1cccc2c1c(C([2H])([2H])C(C)(C)C)cc(-c1cc(C(C)(C)C)c3ccccc3c1C)[n+]2C. The van der Waals surface area contributed by atoms with Gasteiger partial charge in [0.2, 0.25) is 11.2 Å². The predicted octanol–water partition coefficient (Wildman–Crippen LogP) is 7.99. The molecule has 1 heteroatoms. The van der Waals surface area contributed by atoms with E-state index in [4.69, 9.17) is 4.11 Å². The molecule has 0 aliphatic carbocycles. The number of benzene rings is 3. The number of aromatic nitrogens is 1. The zero-order valence-electron chi connectivity index (χ0n) is 25.6. The van der Waals surface area contributed by atoms with Crippen LogP contribution in [-0.4, -0.2) is 0 Å². The fraction of sp³-hybridized carbons (Fsp3) is 0.387. The number of pyridine rings is 1. The van der Waals surface area contributed by atoms with Gasteiger partial charge >= 0.3 is 0 Å². The van der Waals surface area contributed by atoms with Crippen LogP contribution in [0.5, 0.6) is 0 Å². The van der Waals surface area contributed by atoms with E-state index in [1.807, 2.05) is 44.5 Å². The second-order valence-electron chi connectivity index (χ2n) is 11.0. The lowest BCUT2D eigenvalue weighted by Crippen LogP contribution is -2.33. The molecule has 1 aromatic heterocycles. The molecular weight excluding hydrogens is 386 g/mol. The van der Waals surface area contributed by atoms with Crippen LogP contribution in [0.25, 0.3) is 32.9 Å². The summed E-state index contributed by atoms with van der Waals surface area (Å²) in [7, 11) is 1.95. The number of hydrogen-bond acceptors (Lipinski definition) is 0. The smallest absolute Gasteiger partial charge is 0.194 e. The lowest BCUT2D eigenvalue weighted by Gasteiger charge is -2.24. The van der Waals surface area contributed by atoms with Crippen LogP contribution in [0.15, 0.2) is 54.6 Å². The zero-order chi connectivity index (χ0) is 27.7. The Kier molecular flexibility index (Phi) is 4.08. The standard InChI is InChI=1S/C31H38N/c1-20-13-12-16-27-29(20)22(19-30(3,4)5)17-28(32(27)9)25-18-26(31(6,7)8)24-15-11-10-14-23(24)21(25)2/h10-18H,19H2,1-9H3/q+1/i1D3,19D2. The molecule has 4 aromatic rings. The van der Waals surface area contributed by atoms with E-state index in [0.29, 0.717) is 16.5 Å². The Labute approximate surface area is 201 Å². The average Bonchev–Trinajstić information content (AvgIpc) is 2.77. The fourth-order valence-electron chi connectivity index (χ4n) is 4.71. The Morgan fingerprint density at radius 1 is 0.906 bits per heavy atom. The first kappa shape index (κ1) is 16.9. The molecule has 0 saturated heterocycles. The first-order valence-corrected chi connectivity index (χ1v) is 11.4. The summed E-state index contributed by atoms with van der Waals surface area (Å²) in [5.41, 5.74) is 4.68. The Hall–Kier alpha value is -2.67. The third-order valence-electron chi connectivity index (χ3n) is 6.22. The zero-order valence-corrected chi connectivity index (χ0v) is 20.6. The van der Waals surface area contributed by atoms with Crippen molar-refractivity contribution < 1.29 is 11.4 Å². The topological polar surface area (TPSA) is 3.88 Å². The van der Waals surface area contributed by atoms with Crippen LogP contribution in [0.2, 0.25) is 0 Å². The number of nitrogens with zero attached hydrogens (tertiary/aromatic N) is 1. The molecule has 0 aliphatic heterocycles. The summed E-state index contributed by atoms with van der Waals surface area (Å²) in [6, 6.07) is 17.8. The Balaban J connectivity index is 2.24. The monoisotopic (exact) mass is 429 g/mol. The van der Waals surface area contributed by atoms with Gasteiger partial charge in [0.05, 0.1) is 5.39 Å². The minimum absolute atomic E-state index is 0.102. The maximum absolute atomic E-state index is 9.23. The molecule has 4 rings (SSSR count). The summed E-state index contributed by atoms with van der Waals surface area (Å²) in [6.07, 6.45) is -1.78. The van der Waals surface area contributed by atoms with Crippen LogP contribution >= 0.6 is 0 Å². The van der Waals surface area contributed by atoms with Gasteiger partial charge in [-0.1, -0.05) is 77.9 Å². The predicted molar refractivity (Wildman–Crippen MR) is 139 cm³/mol. The van der Waals surface area contributed by atoms with Crippen molar-refractivity contribution in [3.05, 3.63) is 76.9 Å². The number of rotatable bonds is 2. The van der Waals surface area contributed by atoms with E-state index < -0.39 is 18.6 Å². The Morgan fingerprint density at radius 3 is 2.22 bits per heavy atom. The summed E-state index contributed by atoms with van der Waals surface area (Å²) in [5.74, 6) is 0. The highest BCUT2D eigenvalue weighted by atomic mass is 14.9. The van der Waals surface area contributed by atoms with Gasteiger partial charge < -0.3 is 0 Å². The summed E-state index contributed by atoms with van der Waals surface area (Å²) in [4.78, 5) is 0. The first-order valence-electron chi connectivity index (χ1n) is 13.9. The molecule has 1 heterocycles. The van der Waals surface area contributed by atoms with Crippen molar-refractivity contribution in [1.82, 2.24) is 0 Å². The number of fused-ring (bicyclic) bond motifs is 2. The lowest BCUT2D eigenvalue weighted by molar-refractivity contribution is -0.633. The van der Waals surface area contributed by atoms with Gasteiger partial charge in [0.25, 0.3) is 0 Å². The van der Waals surface area contributed by atoms with Gasteiger partial charge in [-0.15, -0.1) is 0 Å². The first-order chi connectivity index (χ1) is 16.9. The van der Waals surface area contributed by atoms with Gasteiger partial charge in [-0.2, -0.15) is 4.57 Å². The van der Waals surface area contributed by atoms with Crippen molar-refractivity contribution in [2.45, 2.75) is 67.1 Å². The largest absolute Gasteiger partial charge is 0.213 e. The normalized spacial score (nSPS) is 15.8. The minimum Gasteiger partial charge on any atom is -0.194 e. The highest BCUT2D eigenvalue weighted by Crippen LogP contribution is 2.38. The van der Waals surface area contributed by atoms with E-state index in [9.17, 15) is 2.74 Å². The van der Waals surface area contributed by atoms with Crippen LogP contribution in [-0.2, 0) is 18.8 Å². The van der Waals surface area contributed by atoms with Crippen molar-refractivity contribution in [3.63, 3.8) is 0 Å². The molecule has 0 radical (unpaired) electrons. The number of aryl methyl sites for hydroxylation is 3. The van der Waals surface area contributed by atoms with Crippen LogP contribution in [0.1, 0.15) is 70.7 Å². The van der Waals surface area contributed by atoms with Crippen LogP contribution < -0.4 is 4.57 Å². The van der Waals surface area contributed by atoms with Crippen molar-refractivity contribution in [3.8, 4) is 11.3 Å². The molecule has 0 atom stereocenters. The van der Waals surface area contributed by atoms with E-state index in [-0.39, 0.29) is 11.0 Å². The average molecular weight is 430 g/mol. The van der Waals surface area contributed by atoms with Crippen LogP contribution in [0, 0.1) is 19.2 Å². The maximum Gasteiger partial charge on any atom is 0.213 e. The third kappa shape index (κ3) is 3.94. The van der Waals surface area contributed by atoms with Crippen molar-refractivity contribution in [2.75, 3.05) is 0 Å². The van der Waals surface area contributed by atoms with Gasteiger partial charge in [-0.3, -0.25) is 0 Å². The highest BCUT2D eigenvalue weighted by Gasteiger charge is 2.26. The van der Waals surface area contributed by atoms with Crippen molar-refractivity contribution >= 4 is 21.7 Å². The molecule has 0 saturated carbocycles. The highest BCUT2D eigenvalue weighted by molar-refractivity contribution is 5.95. The molecule has 166 valence electrons. The van der Waals surface area contributed by atoms with Gasteiger partial charge in [0, 0.05) is 24.5 Å². The fourth-order valence-corrected chi connectivity index (χ4v) is 4.71. The third-order valence-corrected chi connectivity index (χ3v) is 6.22. The molecule has 1 nitrogen and oxygen atoms in total. The van der Waals surface area contributed by atoms with Gasteiger partial charge in [0.1, 0.15) is 7.05 Å². The Bertz CT molecular complexity index is 1520. The lowest BCUT2D eigenvalue weighted by atomic mass is 9.80. The second kappa shape index (κ2) is 7.73. The van der Waals surface area contributed by atoms with Gasteiger partial charge in [-0.25, -0.2) is 0 Å². The van der Waals surface area contributed by atoms with Gasteiger partial charge in [-0.05, 0) is 70.1 Å². The van der Waals surface area contributed by atoms with Crippen molar-refractivity contribution in [2.24, 2.45) is 12.5 Å². The summed E-state index contributed by atoms with van der Waals surface area (Å²) in [5, 5.41) is 2.86. The minimum atomic E-state index is -2.37. The molecule has 32 heavy (non-hydrogen) atoms. The summed E-state index contributed by atoms with van der Waals surface area (Å²) >= 11 is 0.